The van der Waals surface area contributed by atoms with Crippen LogP contribution in [0.2, 0.25) is 5.02 Å². The number of carbonyl (C=O) groups is 3. The maximum atomic E-state index is 14.1. The Morgan fingerprint density at radius 3 is 2.51 bits per heavy atom. The number of rotatable bonds is 10. The number of aromatic nitrogens is 2. The van der Waals surface area contributed by atoms with Crippen LogP contribution in [0.5, 0.6) is 11.5 Å². The van der Waals surface area contributed by atoms with E-state index in [1.165, 1.54) is 29.4 Å². The van der Waals surface area contributed by atoms with E-state index in [0.717, 1.165) is 18.5 Å². The van der Waals surface area contributed by atoms with Crippen molar-refractivity contribution < 1.29 is 33.3 Å². The smallest absolute Gasteiger partial charge is 0.411 e. The monoisotopic (exact) mass is 684 g/mol. The number of nitrogens with zero attached hydrogens (tertiary/aromatic N) is 3. The Morgan fingerprint density at radius 2 is 1.94 bits per heavy atom. The van der Waals surface area contributed by atoms with E-state index < -0.39 is 41.1 Å². The molecule has 1 saturated carbocycles. The first kappa shape index (κ1) is 34.4. The minimum absolute atomic E-state index is 0.0178. The van der Waals surface area contributed by atoms with Crippen molar-refractivity contribution in [2.45, 2.75) is 83.6 Å². The molecule has 5 rings (SSSR count). The standard InChI is InChI=1S/C34H41ClN4O7S/c1-9-34(31(41)44-10-2)26(29(40)36-19-11-12-19)25(16-39(34)32(42)46-33(5,6)7)45-24-15-21(30-38-22(17-47-30)18(3)4)37-28-20(24)13-14-23(43-8)27(28)35/h9,13-15,17-19,25-26H,1,10-12,16H2,2-8H3,(H,36,40). The molecule has 0 spiro atoms. The number of ether oxygens (including phenoxy) is 4. The van der Waals surface area contributed by atoms with Crippen LogP contribution in [-0.2, 0) is 19.1 Å². The molecule has 1 aliphatic carbocycles. The maximum absolute atomic E-state index is 14.1. The number of pyridine rings is 1. The lowest BCUT2D eigenvalue weighted by atomic mass is 9.82. The molecule has 47 heavy (non-hydrogen) atoms. The molecule has 3 aromatic rings. The quantitative estimate of drug-likeness (QED) is 0.187. The third-order valence-electron chi connectivity index (χ3n) is 8.07. The Kier molecular flexibility index (Phi) is 9.75. The van der Waals surface area contributed by atoms with Crippen LogP contribution in [0.25, 0.3) is 21.6 Å². The molecule has 0 bridgehead atoms. The lowest BCUT2D eigenvalue weighted by Gasteiger charge is -2.37. The van der Waals surface area contributed by atoms with Gasteiger partial charge in [-0.25, -0.2) is 19.6 Å². The fourth-order valence-electron chi connectivity index (χ4n) is 5.63. The van der Waals surface area contributed by atoms with Crippen molar-refractivity contribution in [1.29, 1.82) is 0 Å². The van der Waals surface area contributed by atoms with E-state index in [9.17, 15) is 14.4 Å². The minimum atomic E-state index is -1.92. The number of carbonyl (C=O) groups excluding carboxylic acids is 3. The molecule has 2 amide bonds. The molecule has 3 unspecified atom stereocenters. The first-order valence-corrected chi connectivity index (χ1v) is 16.9. The number of methoxy groups -OCH3 is 1. The highest BCUT2D eigenvalue weighted by atomic mass is 35.5. The van der Waals surface area contributed by atoms with Crippen molar-refractivity contribution >= 4 is 51.8 Å². The third kappa shape index (κ3) is 6.76. The lowest BCUT2D eigenvalue weighted by molar-refractivity contribution is -0.157. The van der Waals surface area contributed by atoms with Gasteiger partial charge in [-0.15, -0.1) is 17.9 Å². The van der Waals surface area contributed by atoms with Gasteiger partial charge < -0.3 is 24.3 Å². The minimum Gasteiger partial charge on any atom is -0.495 e. The second kappa shape index (κ2) is 13.3. The number of amides is 2. The summed E-state index contributed by atoms with van der Waals surface area (Å²) in [5.74, 6) is -1.55. The van der Waals surface area contributed by atoms with E-state index in [0.29, 0.717) is 33.1 Å². The molecule has 2 aromatic heterocycles. The van der Waals surface area contributed by atoms with Crippen molar-refractivity contribution in [3.05, 3.63) is 47.0 Å². The fraction of sp³-hybridized carbons (Fsp3) is 0.500. The molecule has 2 fully saturated rings. The molecule has 1 aromatic carbocycles. The van der Waals surface area contributed by atoms with Crippen LogP contribution in [-0.4, -0.2) is 76.4 Å². The average molecular weight is 685 g/mol. The SMILES string of the molecule is C=CC1(C(=O)OCC)C(C(=O)NC2CC2)C(Oc2cc(-c3nc(C(C)C)cs3)nc3c(Cl)c(OC)ccc23)CN1C(=O)OC(C)(C)C. The molecule has 0 radical (unpaired) electrons. The Bertz CT molecular complexity index is 1700. The molecule has 13 heteroatoms. The predicted molar refractivity (Wildman–Crippen MR) is 180 cm³/mol. The molecule has 1 N–H and O–H groups in total. The fourth-order valence-corrected chi connectivity index (χ4v) is 6.86. The Labute approximate surface area is 283 Å². The van der Waals surface area contributed by atoms with Gasteiger partial charge in [0.25, 0.3) is 0 Å². The summed E-state index contributed by atoms with van der Waals surface area (Å²) in [6.45, 7) is 14.7. The molecular weight excluding hydrogens is 644 g/mol. The van der Waals surface area contributed by atoms with E-state index in [1.54, 1.807) is 45.9 Å². The van der Waals surface area contributed by atoms with Gasteiger partial charge in [0.05, 0.1) is 31.5 Å². The first-order chi connectivity index (χ1) is 22.2. The van der Waals surface area contributed by atoms with Crippen LogP contribution >= 0.6 is 22.9 Å². The number of likely N-dealkylation sites (tertiary alicyclic amines) is 1. The van der Waals surface area contributed by atoms with E-state index in [-0.39, 0.29) is 30.1 Å². The van der Waals surface area contributed by atoms with Crippen LogP contribution in [0, 0.1) is 5.92 Å². The zero-order chi connectivity index (χ0) is 34.3. The topological polar surface area (TPSA) is 129 Å². The van der Waals surface area contributed by atoms with Gasteiger partial charge in [0.1, 0.15) is 44.8 Å². The zero-order valence-corrected chi connectivity index (χ0v) is 29.3. The van der Waals surface area contributed by atoms with Gasteiger partial charge in [0.2, 0.25) is 5.91 Å². The Morgan fingerprint density at radius 1 is 1.21 bits per heavy atom. The average Bonchev–Trinajstić information content (AvgIpc) is 3.54. The molecule has 252 valence electrons. The molecule has 3 heterocycles. The summed E-state index contributed by atoms with van der Waals surface area (Å²) >= 11 is 8.23. The summed E-state index contributed by atoms with van der Waals surface area (Å²) in [7, 11) is 1.52. The van der Waals surface area contributed by atoms with Gasteiger partial charge in [0, 0.05) is 22.9 Å². The number of thiazole rings is 1. The summed E-state index contributed by atoms with van der Waals surface area (Å²) in [4.78, 5) is 52.6. The second-order valence-corrected chi connectivity index (χ2v) is 14.2. The van der Waals surface area contributed by atoms with Crippen LogP contribution in [0.15, 0.2) is 36.2 Å². The zero-order valence-electron chi connectivity index (χ0n) is 27.7. The highest BCUT2D eigenvalue weighted by molar-refractivity contribution is 7.13. The molecule has 3 atom stereocenters. The summed E-state index contributed by atoms with van der Waals surface area (Å²) in [6, 6.07) is 5.16. The number of halogens is 1. The summed E-state index contributed by atoms with van der Waals surface area (Å²) in [6.07, 6.45) is 1.07. The highest BCUT2D eigenvalue weighted by Crippen LogP contribution is 2.44. The van der Waals surface area contributed by atoms with Gasteiger partial charge in [-0.05, 0) is 58.6 Å². The van der Waals surface area contributed by atoms with Gasteiger partial charge in [-0.2, -0.15) is 0 Å². The predicted octanol–water partition coefficient (Wildman–Crippen LogP) is 6.52. The molecule has 1 aliphatic heterocycles. The summed E-state index contributed by atoms with van der Waals surface area (Å²) in [5.41, 5.74) is -0.993. The summed E-state index contributed by atoms with van der Waals surface area (Å²) < 4.78 is 23.4. The van der Waals surface area contributed by atoms with Crippen molar-refractivity contribution in [3.8, 4) is 22.2 Å². The van der Waals surface area contributed by atoms with Crippen molar-refractivity contribution in [2.75, 3.05) is 20.3 Å². The van der Waals surface area contributed by atoms with Gasteiger partial charge in [-0.1, -0.05) is 31.5 Å². The number of hydrogen-bond donors (Lipinski definition) is 1. The molecular formula is C34H41ClN4O7S. The number of esters is 1. The lowest BCUT2D eigenvalue weighted by Crippen LogP contribution is -2.60. The number of hydrogen-bond acceptors (Lipinski definition) is 10. The normalized spacial score (nSPS) is 21.1. The second-order valence-electron chi connectivity index (χ2n) is 13.0. The number of fused-ring (bicyclic) bond motifs is 1. The van der Waals surface area contributed by atoms with Crippen LogP contribution < -0.4 is 14.8 Å². The van der Waals surface area contributed by atoms with Crippen molar-refractivity contribution in [1.82, 2.24) is 20.2 Å². The molecule has 1 saturated heterocycles. The maximum Gasteiger partial charge on any atom is 0.411 e. The third-order valence-corrected chi connectivity index (χ3v) is 9.31. The van der Waals surface area contributed by atoms with Crippen LogP contribution in [0.1, 0.15) is 66.0 Å². The Balaban J connectivity index is 1.68. The summed E-state index contributed by atoms with van der Waals surface area (Å²) in [5, 5.41) is 6.44. The van der Waals surface area contributed by atoms with E-state index in [4.69, 9.17) is 40.5 Å². The largest absolute Gasteiger partial charge is 0.495 e. The van der Waals surface area contributed by atoms with E-state index in [1.807, 2.05) is 5.38 Å². The van der Waals surface area contributed by atoms with Gasteiger partial charge in [0.15, 0.2) is 5.54 Å². The van der Waals surface area contributed by atoms with Crippen molar-refractivity contribution in [2.24, 2.45) is 5.92 Å². The molecule has 2 aliphatic rings. The van der Waals surface area contributed by atoms with Crippen LogP contribution in [0.4, 0.5) is 4.79 Å². The van der Waals surface area contributed by atoms with E-state index >= 15 is 0 Å². The van der Waals surface area contributed by atoms with Gasteiger partial charge in [-0.3, -0.25) is 9.69 Å². The van der Waals surface area contributed by atoms with E-state index in [2.05, 4.69) is 25.7 Å². The first-order valence-electron chi connectivity index (χ1n) is 15.7. The van der Waals surface area contributed by atoms with Crippen molar-refractivity contribution in [3.63, 3.8) is 0 Å². The highest BCUT2D eigenvalue weighted by Gasteiger charge is 2.65. The molecule has 11 nitrogen and oxygen atoms in total. The van der Waals surface area contributed by atoms with Crippen LogP contribution in [0.3, 0.4) is 0 Å². The Hall–Kier alpha value is -3.90. The van der Waals surface area contributed by atoms with Gasteiger partial charge >= 0.3 is 12.1 Å². The number of nitrogens with one attached hydrogen (secondary N) is 1. The number of benzene rings is 1.